The third kappa shape index (κ3) is 11.4. The lowest BCUT2D eigenvalue weighted by molar-refractivity contribution is -0.156. The lowest BCUT2D eigenvalue weighted by Crippen LogP contribution is -2.59. The summed E-state index contributed by atoms with van der Waals surface area (Å²) in [4.78, 5) is 58.3. The summed E-state index contributed by atoms with van der Waals surface area (Å²) in [6.07, 6.45) is -0.0211. The molecule has 0 bridgehead atoms. The van der Waals surface area contributed by atoms with Gasteiger partial charge in [-0.1, -0.05) is 85.2 Å². The van der Waals surface area contributed by atoms with Crippen molar-refractivity contribution < 1.29 is 39.0 Å². The third-order valence-electron chi connectivity index (χ3n) is 10.8. The molecule has 52 heavy (non-hydrogen) atoms. The fourth-order valence-electron chi connectivity index (χ4n) is 7.56. The fraction of sp³-hybridized carbons (Fsp3) is 0.744. The van der Waals surface area contributed by atoms with Crippen LogP contribution in [0.5, 0.6) is 0 Å². The molecule has 1 saturated heterocycles. The van der Waals surface area contributed by atoms with Crippen molar-refractivity contribution in [2.24, 2.45) is 23.7 Å². The van der Waals surface area contributed by atoms with Crippen LogP contribution in [0, 0.1) is 23.7 Å². The molecule has 0 aromatic heterocycles. The van der Waals surface area contributed by atoms with E-state index >= 15 is 0 Å². The number of hydrogen-bond donors (Lipinski definition) is 4. The number of benzene rings is 1. The summed E-state index contributed by atoms with van der Waals surface area (Å²) in [5.41, 5.74) is 0.702. The van der Waals surface area contributed by atoms with Gasteiger partial charge in [0.2, 0.25) is 23.6 Å². The highest BCUT2D eigenvalue weighted by atomic mass is 16.5. The molecule has 2 rings (SSSR count). The third-order valence-corrected chi connectivity index (χ3v) is 10.8. The van der Waals surface area contributed by atoms with E-state index in [1.807, 2.05) is 71.9 Å². The second-order valence-corrected chi connectivity index (χ2v) is 15.2. The molecule has 1 aliphatic heterocycles. The van der Waals surface area contributed by atoms with E-state index < -0.39 is 54.3 Å². The van der Waals surface area contributed by atoms with Crippen LogP contribution in [0.2, 0.25) is 0 Å². The summed E-state index contributed by atoms with van der Waals surface area (Å²) in [5.74, 6) is -2.33. The van der Waals surface area contributed by atoms with Crippen LogP contribution in [0.1, 0.15) is 92.7 Å². The number of methoxy groups -OCH3 is 2. The molecule has 0 aliphatic carbocycles. The van der Waals surface area contributed by atoms with Crippen LogP contribution in [-0.2, 0) is 28.7 Å². The van der Waals surface area contributed by atoms with Gasteiger partial charge in [0.05, 0.1) is 48.8 Å². The average molecular weight is 734 g/mol. The summed E-state index contributed by atoms with van der Waals surface area (Å²) in [5, 5.41) is 27.6. The van der Waals surface area contributed by atoms with Crippen molar-refractivity contribution in [3.8, 4) is 0 Å². The average Bonchev–Trinajstić information content (AvgIpc) is 3.59. The maximum absolute atomic E-state index is 14.1. The van der Waals surface area contributed by atoms with Gasteiger partial charge in [-0.25, -0.2) is 0 Å². The maximum Gasteiger partial charge on any atom is 0.245 e. The Bertz CT molecular complexity index is 1270. The number of aliphatic hydroxyl groups excluding tert-OH is 1. The lowest BCUT2D eigenvalue weighted by atomic mass is 9.89. The van der Waals surface area contributed by atoms with Crippen molar-refractivity contribution in [1.29, 1.82) is 0 Å². The molecular weight excluding hydrogens is 666 g/mol. The Morgan fingerprint density at radius 2 is 1.54 bits per heavy atom. The molecule has 1 aliphatic rings. The van der Waals surface area contributed by atoms with E-state index in [0.29, 0.717) is 24.9 Å². The predicted molar refractivity (Wildman–Crippen MR) is 200 cm³/mol. The van der Waals surface area contributed by atoms with Gasteiger partial charge in [0.25, 0.3) is 0 Å². The van der Waals surface area contributed by atoms with Gasteiger partial charge in [-0.3, -0.25) is 19.2 Å². The van der Waals surface area contributed by atoms with E-state index in [2.05, 4.69) is 10.6 Å². The van der Waals surface area contributed by atoms with Crippen molar-refractivity contribution in [1.82, 2.24) is 25.5 Å². The highest BCUT2D eigenvalue weighted by Crippen LogP contribution is 2.30. The van der Waals surface area contributed by atoms with E-state index in [1.165, 1.54) is 14.2 Å². The van der Waals surface area contributed by atoms with Crippen molar-refractivity contribution in [3.63, 3.8) is 0 Å². The van der Waals surface area contributed by atoms with Crippen LogP contribution in [0.4, 0.5) is 0 Å². The van der Waals surface area contributed by atoms with Gasteiger partial charge in [0, 0.05) is 34.9 Å². The molecule has 4 amide bonds. The minimum absolute atomic E-state index is 0.000372. The molecule has 296 valence electrons. The number of amides is 4. The number of hydroxylamine groups is 2. The zero-order valence-electron chi connectivity index (χ0n) is 33.5. The van der Waals surface area contributed by atoms with Gasteiger partial charge in [-0.15, -0.1) is 0 Å². The highest BCUT2D eigenvalue weighted by molar-refractivity contribution is 5.90. The van der Waals surface area contributed by atoms with Crippen LogP contribution in [0.3, 0.4) is 0 Å². The number of aliphatic hydroxyl groups is 1. The van der Waals surface area contributed by atoms with Gasteiger partial charge in [-0.05, 0) is 43.1 Å². The molecule has 1 heterocycles. The number of rotatable bonds is 20. The SMILES string of the molecule is CC[C@H](C)C([C@@H](CC(=O)N1CCC[C@H]1[C@H](OC)[C@@H](C)C(=O)N[C@H](C)[C@@H](O)c1ccccc1)OC)N(C)C(=O)[C@@H](NC(=O)[C@H](C(C)C)N(C)O)C(C)C. The minimum atomic E-state index is -0.886. The molecule has 10 atom stereocenters. The fourth-order valence-corrected chi connectivity index (χ4v) is 7.56. The summed E-state index contributed by atoms with van der Waals surface area (Å²) in [6, 6.07) is 6.05. The summed E-state index contributed by atoms with van der Waals surface area (Å²) in [6.45, 7) is 15.4. The maximum atomic E-state index is 14.1. The topological polar surface area (TPSA) is 161 Å². The zero-order valence-corrected chi connectivity index (χ0v) is 33.5. The zero-order chi connectivity index (χ0) is 39.4. The van der Waals surface area contributed by atoms with Crippen LogP contribution in [-0.4, -0.2) is 126 Å². The molecule has 0 saturated carbocycles. The Labute approximate surface area is 311 Å². The number of carbonyl (C=O) groups excluding carboxylic acids is 4. The first-order valence-corrected chi connectivity index (χ1v) is 18.8. The van der Waals surface area contributed by atoms with Crippen molar-refractivity contribution >= 4 is 23.6 Å². The van der Waals surface area contributed by atoms with Crippen molar-refractivity contribution in [2.75, 3.05) is 34.9 Å². The Balaban J connectivity index is 2.25. The second kappa shape index (κ2) is 21.0. The van der Waals surface area contributed by atoms with Gasteiger partial charge >= 0.3 is 0 Å². The van der Waals surface area contributed by atoms with E-state index in [-0.39, 0.29) is 47.9 Å². The van der Waals surface area contributed by atoms with E-state index in [4.69, 9.17) is 9.47 Å². The highest BCUT2D eigenvalue weighted by Gasteiger charge is 2.43. The van der Waals surface area contributed by atoms with Crippen LogP contribution in [0.25, 0.3) is 0 Å². The normalized spacial score (nSPS) is 20.1. The Morgan fingerprint density at radius 3 is 2.04 bits per heavy atom. The molecule has 1 fully saturated rings. The molecule has 13 heteroatoms. The first-order valence-electron chi connectivity index (χ1n) is 18.8. The van der Waals surface area contributed by atoms with Gasteiger partial charge in [-0.2, -0.15) is 5.06 Å². The van der Waals surface area contributed by atoms with Gasteiger partial charge < -0.3 is 40.2 Å². The monoisotopic (exact) mass is 733 g/mol. The molecule has 1 aromatic rings. The molecule has 13 nitrogen and oxygen atoms in total. The predicted octanol–water partition coefficient (Wildman–Crippen LogP) is 3.63. The standard InChI is InChI=1S/C39H67N5O8/c1-13-25(6)34(42(9)39(49)32(23(2)3)41-38(48)33(24(4)5)43(10)50)30(51-11)22-31(45)44-21-17-20-29(44)36(52-12)26(7)37(47)40-27(8)35(46)28-18-15-14-16-19-28/h14-16,18-19,23-27,29-30,32-36,46,50H,13,17,20-22H2,1-12H3,(H,40,47)(H,41,48)/t25-,26+,27+,29-,30+,32-,33-,34?,35+,36+/m0/s1. The smallest absolute Gasteiger partial charge is 0.245 e. The van der Waals surface area contributed by atoms with Gasteiger partial charge in [0.15, 0.2) is 0 Å². The van der Waals surface area contributed by atoms with Crippen LogP contribution < -0.4 is 10.6 Å². The van der Waals surface area contributed by atoms with Crippen LogP contribution >= 0.6 is 0 Å². The number of nitrogens with one attached hydrogen (secondary N) is 2. The molecule has 0 radical (unpaired) electrons. The molecular formula is C39H67N5O8. The Hall–Kier alpha value is -3.10. The Morgan fingerprint density at radius 1 is 0.923 bits per heavy atom. The van der Waals surface area contributed by atoms with Gasteiger partial charge in [0.1, 0.15) is 12.1 Å². The van der Waals surface area contributed by atoms with E-state index in [9.17, 15) is 29.5 Å². The first kappa shape index (κ1) is 45.1. The first-order chi connectivity index (χ1) is 24.4. The lowest BCUT2D eigenvalue weighted by Gasteiger charge is -2.41. The number of ether oxygens (including phenoxy) is 2. The molecule has 0 spiro atoms. The molecule has 1 unspecified atom stereocenters. The summed E-state index contributed by atoms with van der Waals surface area (Å²) >= 11 is 0. The quantitative estimate of drug-likeness (QED) is 0.147. The number of nitrogens with zero attached hydrogens (tertiary/aromatic N) is 3. The number of likely N-dealkylation sites (tertiary alicyclic amines) is 1. The van der Waals surface area contributed by atoms with E-state index in [1.54, 1.807) is 37.8 Å². The van der Waals surface area contributed by atoms with E-state index in [0.717, 1.165) is 11.5 Å². The largest absolute Gasteiger partial charge is 0.386 e. The minimum Gasteiger partial charge on any atom is -0.386 e. The number of likely N-dealkylation sites (N-methyl/N-ethyl adjacent to an activating group) is 2. The second-order valence-electron chi connectivity index (χ2n) is 15.2. The molecule has 1 aromatic carbocycles. The van der Waals surface area contributed by atoms with Crippen LogP contribution in [0.15, 0.2) is 30.3 Å². The molecule has 4 N–H and O–H groups in total. The number of hydrogen-bond acceptors (Lipinski definition) is 9. The van der Waals surface area contributed by atoms with Crippen molar-refractivity contribution in [2.45, 2.75) is 130 Å². The number of carbonyl (C=O) groups is 4. The Kier molecular flexibility index (Phi) is 18.2. The summed E-state index contributed by atoms with van der Waals surface area (Å²) in [7, 11) is 6.18. The summed E-state index contributed by atoms with van der Waals surface area (Å²) < 4.78 is 11.9. The van der Waals surface area contributed by atoms with Crippen molar-refractivity contribution in [3.05, 3.63) is 35.9 Å².